The van der Waals surface area contributed by atoms with Gasteiger partial charge in [-0.3, -0.25) is 0 Å². The number of nitrogens with zero attached hydrogens (tertiary/aromatic N) is 4. The van der Waals surface area contributed by atoms with E-state index < -0.39 is 0 Å². The Morgan fingerprint density at radius 2 is 2.00 bits per heavy atom. The predicted molar refractivity (Wildman–Crippen MR) is 75.3 cm³/mol. The van der Waals surface area contributed by atoms with E-state index in [-0.39, 0.29) is 5.28 Å². The molecular weight excluding hydrogens is 282 g/mol. The highest BCUT2D eigenvalue weighted by atomic mass is 35.5. The smallest absolute Gasteiger partial charge is 0.231 e. The van der Waals surface area contributed by atoms with Gasteiger partial charge in [-0.2, -0.15) is 15.0 Å². The van der Waals surface area contributed by atoms with Crippen LogP contribution in [0.3, 0.4) is 0 Å². The van der Waals surface area contributed by atoms with Gasteiger partial charge >= 0.3 is 0 Å². The Hall–Kier alpha value is -1.18. The van der Waals surface area contributed by atoms with Crippen LogP contribution in [0.5, 0.6) is 0 Å². The summed E-state index contributed by atoms with van der Waals surface area (Å²) in [4.78, 5) is 14.8. The van der Waals surface area contributed by atoms with Gasteiger partial charge in [-0.1, -0.05) is 0 Å². The molecule has 1 aromatic rings. The SMILES string of the molecule is COC1CC(Nc2nc(Cl)nc(N3CCOCC3)n2)C1. The minimum absolute atomic E-state index is 0.214. The number of methoxy groups -OCH3 is 1. The molecule has 1 saturated heterocycles. The first-order chi connectivity index (χ1) is 9.74. The highest BCUT2D eigenvalue weighted by Gasteiger charge is 2.29. The molecule has 2 fully saturated rings. The average molecular weight is 300 g/mol. The van der Waals surface area contributed by atoms with E-state index >= 15 is 0 Å². The molecule has 0 unspecified atom stereocenters. The molecule has 0 radical (unpaired) electrons. The number of hydrogen-bond acceptors (Lipinski definition) is 7. The minimum Gasteiger partial charge on any atom is -0.381 e. The van der Waals surface area contributed by atoms with Crippen LogP contribution in [0.2, 0.25) is 5.28 Å². The molecule has 1 aliphatic carbocycles. The van der Waals surface area contributed by atoms with Gasteiger partial charge in [0.25, 0.3) is 0 Å². The molecular formula is C12H18ClN5O2. The van der Waals surface area contributed by atoms with Gasteiger partial charge in [0, 0.05) is 26.2 Å². The standard InChI is InChI=1S/C12H18ClN5O2/c1-19-9-6-8(7-9)14-11-15-10(13)16-12(17-11)18-2-4-20-5-3-18/h8-9H,2-7H2,1H3,(H,14,15,16,17). The van der Waals surface area contributed by atoms with Crippen LogP contribution in [-0.2, 0) is 9.47 Å². The second-order valence-electron chi connectivity index (χ2n) is 5.00. The van der Waals surface area contributed by atoms with Crippen molar-refractivity contribution in [3.8, 4) is 0 Å². The van der Waals surface area contributed by atoms with E-state index in [1.54, 1.807) is 7.11 Å². The fourth-order valence-electron chi connectivity index (χ4n) is 2.37. The quantitative estimate of drug-likeness (QED) is 0.887. The largest absolute Gasteiger partial charge is 0.381 e. The van der Waals surface area contributed by atoms with Crippen LogP contribution in [0.15, 0.2) is 0 Å². The Labute approximate surface area is 122 Å². The Balaban J connectivity index is 1.67. The van der Waals surface area contributed by atoms with Crippen molar-refractivity contribution in [1.29, 1.82) is 0 Å². The first-order valence-electron chi connectivity index (χ1n) is 6.78. The van der Waals surface area contributed by atoms with Crippen LogP contribution in [0.25, 0.3) is 0 Å². The summed E-state index contributed by atoms with van der Waals surface area (Å²) in [6, 6.07) is 0.343. The fourth-order valence-corrected chi connectivity index (χ4v) is 2.52. The van der Waals surface area contributed by atoms with Crippen molar-refractivity contribution in [1.82, 2.24) is 15.0 Å². The van der Waals surface area contributed by atoms with Crippen molar-refractivity contribution in [3.63, 3.8) is 0 Å². The highest BCUT2D eigenvalue weighted by molar-refractivity contribution is 6.28. The van der Waals surface area contributed by atoms with E-state index in [9.17, 15) is 0 Å². The number of rotatable bonds is 4. The third-order valence-corrected chi connectivity index (χ3v) is 3.82. The van der Waals surface area contributed by atoms with Gasteiger partial charge in [-0.25, -0.2) is 0 Å². The summed E-state index contributed by atoms with van der Waals surface area (Å²) >= 11 is 5.99. The van der Waals surface area contributed by atoms with Crippen LogP contribution in [0.1, 0.15) is 12.8 Å². The van der Waals surface area contributed by atoms with E-state index in [1.807, 2.05) is 0 Å². The number of nitrogens with one attached hydrogen (secondary N) is 1. The number of ether oxygens (including phenoxy) is 2. The molecule has 0 bridgehead atoms. The molecule has 20 heavy (non-hydrogen) atoms. The first-order valence-corrected chi connectivity index (χ1v) is 7.16. The topological polar surface area (TPSA) is 72.4 Å². The summed E-state index contributed by atoms with van der Waals surface area (Å²) < 4.78 is 10.6. The zero-order chi connectivity index (χ0) is 13.9. The Kier molecular flexibility index (Phi) is 4.18. The van der Waals surface area contributed by atoms with E-state index in [0.29, 0.717) is 37.3 Å². The minimum atomic E-state index is 0.214. The van der Waals surface area contributed by atoms with Gasteiger partial charge in [0.2, 0.25) is 17.2 Å². The lowest BCUT2D eigenvalue weighted by molar-refractivity contribution is 0.0327. The highest BCUT2D eigenvalue weighted by Crippen LogP contribution is 2.26. The van der Waals surface area contributed by atoms with Crippen LogP contribution >= 0.6 is 11.6 Å². The number of anilines is 2. The van der Waals surface area contributed by atoms with Gasteiger partial charge in [0.1, 0.15) is 0 Å². The number of halogens is 1. The maximum absolute atomic E-state index is 5.99. The maximum atomic E-state index is 5.99. The second kappa shape index (κ2) is 6.07. The number of aromatic nitrogens is 3. The summed E-state index contributed by atoms with van der Waals surface area (Å²) in [6.45, 7) is 2.92. The van der Waals surface area contributed by atoms with Crippen molar-refractivity contribution < 1.29 is 9.47 Å². The molecule has 0 spiro atoms. The van der Waals surface area contributed by atoms with Crippen LogP contribution < -0.4 is 10.2 Å². The molecule has 1 aromatic heterocycles. The normalized spacial score (nSPS) is 26.2. The number of hydrogen-bond donors (Lipinski definition) is 1. The van der Waals surface area contributed by atoms with E-state index in [4.69, 9.17) is 21.1 Å². The van der Waals surface area contributed by atoms with Crippen molar-refractivity contribution in [2.24, 2.45) is 0 Å². The molecule has 1 aliphatic heterocycles. The summed E-state index contributed by atoms with van der Waals surface area (Å²) in [7, 11) is 1.73. The molecule has 7 nitrogen and oxygen atoms in total. The molecule has 8 heteroatoms. The molecule has 2 heterocycles. The van der Waals surface area contributed by atoms with Gasteiger partial charge < -0.3 is 19.7 Å². The lowest BCUT2D eigenvalue weighted by atomic mass is 9.89. The van der Waals surface area contributed by atoms with Crippen molar-refractivity contribution in [2.45, 2.75) is 25.0 Å². The Morgan fingerprint density at radius 3 is 2.70 bits per heavy atom. The molecule has 0 aromatic carbocycles. The van der Waals surface area contributed by atoms with Gasteiger partial charge in [0.05, 0.1) is 19.3 Å². The lowest BCUT2D eigenvalue weighted by Crippen LogP contribution is -2.41. The molecule has 110 valence electrons. The van der Waals surface area contributed by atoms with Crippen LogP contribution in [-0.4, -0.2) is 60.5 Å². The summed E-state index contributed by atoms with van der Waals surface area (Å²) in [6.07, 6.45) is 2.27. The van der Waals surface area contributed by atoms with Gasteiger partial charge in [-0.15, -0.1) is 0 Å². The molecule has 1 saturated carbocycles. The lowest BCUT2D eigenvalue weighted by Gasteiger charge is -2.34. The zero-order valence-corrected chi connectivity index (χ0v) is 12.1. The molecule has 1 N–H and O–H groups in total. The third-order valence-electron chi connectivity index (χ3n) is 3.65. The monoisotopic (exact) mass is 299 g/mol. The molecule has 3 rings (SSSR count). The van der Waals surface area contributed by atoms with Crippen molar-refractivity contribution in [3.05, 3.63) is 5.28 Å². The summed E-state index contributed by atoms with van der Waals surface area (Å²) in [5.74, 6) is 1.14. The first kappa shape index (κ1) is 13.8. The fraction of sp³-hybridized carbons (Fsp3) is 0.750. The van der Waals surface area contributed by atoms with Crippen molar-refractivity contribution in [2.75, 3.05) is 43.6 Å². The van der Waals surface area contributed by atoms with Gasteiger partial charge in [0.15, 0.2) is 0 Å². The predicted octanol–water partition coefficient (Wildman–Crippen LogP) is 0.951. The van der Waals surface area contributed by atoms with Crippen molar-refractivity contribution >= 4 is 23.5 Å². The van der Waals surface area contributed by atoms with Crippen LogP contribution in [0.4, 0.5) is 11.9 Å². The van der Waals surface area contributed by atoms with E-state index in [0.717, 1.165) is 25.9 Å². The zero-order valence-electron chi connectivity index (χ0n) is 11.4. The summed E-state index contributed by atoms with van der Waals surface area (Å²) in [5.41, 5.74) is 0. The second-order valence-corrected chi connectivity index (χ2v) is 5.34. The molecule has 0 amide bonds. The van der Waals surface area contributed by atoms with E-state index in [2.05, 4.69) is 25.2 Å². The van der Waals surface area contributed by atoms with Gasteiger partial charge in [-0.05, 0) is 24.4 Å². The Morgan fingerprint density at radius 1 is 1.25 bits per heavy atom. The number of morpholine rings is 1. The maximum Gasteiger partial charge on any atom is 0.231 e. The van der Waals surface area contributed by atoms with E-state index in [1.165, 1.54) is 0 Å². The third kappa shape index (κ3) is 3.11. The van der Waals surface area contributed by atoms with Crippen LogP contribution in [0, 0.1) is 0 Å². The Bertz CT molecular complexity index is 463. The summed E-state index contributed by atoms with van der Waals surface area (Å²) in [5, 5.41) is 3.49. The average Bonchev–Trinajstić information content (AvgIpc) is 2.43. The molecule has 2 aliphatic rings. The molecule has 0 atom stereocenters.